The molecule has 4 heteroatoms. The molecule has 3 atom stereocenters. The average Bonchev–Trinajstić information content (AvgIpc) is 3.01. The van der Waals surface area contributed by atoms with Gasteiger partial charge in [0, 0.05) is 24.4 Å². The third kappa shape index (κ3) is 1.68. The van der Waals surface area contributed by atoms with E-state index in [0.29, 0.717) is 11.8 Å². The number of nitrogens with zero attached hydrogens (tertiary/aromatic N) is 2. The minimum atomic E-state index is -0.140. The van der Waals surface area contributed by atoms with Gasteiger partial charge in [0.15, 0.2) is 0 Å². The minimum Gasteiger partial charge on any atom is -0.396 e. The molecule has 1 aliphatic carbocycles. The highest BCUT2D eigenvalue weighted by molar-refractivity contribution is 5.97. The van der Waals surface area contributed by atoms with E-state index in [1.807, 2.05) is 18.2 Å². The van der Waals surface area contributed by atoms with Crippen molar-refractivity contribution < 1.29 is 5.11 Å². The zero-order valence-corrected chi connectivity index (χ0v) is 11.4. The highest BCUT2D eigenvalue weighted by Crippen LogP contribution is 2.42. The Kier molecular flexibility index (Phi) is 2.60. The van der Waals surface area contributed by atoms with Crippen molar-refractivity contribution in [3.8, 4) is 0 Å². The molecule has 1 saturated heterocycles. The first-order valence-corrected chi connectivity index (χ1v) is 7.30. The van der Waals surface area contributed by atoms with Crippen LogP contribution in [0.4, 0.5) is 11.4 Å². The van der Waals surface area contributed by atoms with Gasteiger partial charge in [-0.1, -0.05) is 18.2 Å². The number of benzene rings is 1. The topological polar surface area (TPSA) is 62.4 Å². The number of hydrogen-bond donors (Lipinski definition) is 2. The molecule has 1 saturated carbocycles. The maximum Gasteiger partial charge on any atom is 0.0745 e. The van der Waals surface area contributed by atoms with E-state index >= 15 is 0 Å². The molecule has 1 aromatic heterocycles. The summed E-state index contributed by atoms with van der Waals surface area (Å²) in [5.74, 6) is 1.01. The molecule has 2 aromatic rings. The third-order valence-corrected chi connectivity index (χ3v) is 4.91. The van der Waals surface area contributed by atoms with Crippen LogP contribution in [-0.2, 0) is 0 Å². The lowest BCUT2D eigenvalue weighted by atomic mass is 10.00. The molecule has 0 amide bonds. The fraction of sp³-hybridized carbons (Fsp3) is 0.438. The fourth-order valence-corrected chi connectivity index (χ4v) is 3.91. The predicted molar refractivity (Wildman–Crippen MR) is 80.6 cm³/mol. The Morgan fingerprint density at radius 1 is 1.20 bits per heavy atom. The molecule has 0 radical (unpaired) electrons. The van der Waals surface area contributed by atoms with Crippen LogP contribution in [-0.4, -0.2) is 29.3 Å². The molecular formula is C16H19N3O. The zero-order valence-electron chi connectivity index (χ0n) is 11.4. The summed E-state index contributed by atoms with van der Waals surface area (Å²) in [6.45, 7) is 1.91. The van der Waals surface area contributed by atoms with Crippen molar-refractivity contribution in [3.05, 3.63) is 30.5 Å². The maximum atomic E-state index is 10.1. The van der Waals surface area contributed by atoms with Crippen molar-refractivity contribution in [2.45, 2.75) is 18.9 Å². The Balaban J connectivity index is 1.78. The van der Waals surface area contributed by atoms with E-state index in [2.05, 4.69) is 16.0 Å². The van der Waals surface area contributed by atoms with Gasteiger partial charge < -0.3 is 15.7 Å². The van der Waals surface area contributed by atoms with E-state index < -0.39 is 0 Å². The number of aromatic nitrogens is 1. The Morgan fingerprint density at radius 3 is 2.90 bits per heavy atom. The molecule has 4 rings (SSSR count). The van der Waals surface area contributed by atoms with Gasteiger partial charge in [0.1, 0.15) is 0 Å². The molecule has 3 unspecified atom stereocenters. The summed E-state index contributed by atoms with van der Waals surface area (Å²) in [6, 6.07) is 8.12. The second kappa shape index (κ2) is 4.35. The number of hydrogen-bond acceptors (Lipinski definition) is 4. The van der Waals surface area contributed by atoms with Crippen molar-refractivity contribution in [1.82, 2.24) is 4.98 Å². The summed E-state index contributed by atoms with van der Waals surface area (Å²) in [7, 11) is 0. The number of nitrogen functional groups attached to an aromatic ring is 1. The number of pyridine rings is 1. The van der Waals surface area contributed by atoms with Crippen molar-refractivity contribution in [3.63, 3.8) is 0 Å². The Hall–Kier alpha value is -1.81. The van der Waals surface area contributed by atoms with Crippen molar-refractivity contribution in [2.75, 3.05) is 23.7 Å². The summed E-state index contributed by atoms with van der Waals surface area (Å²) in [5.41, 5.74) is 8.99. The molecule has 3 N–H and O–H groups in total. The van der Waals surface area contributed by atoms with Gasteiger partial charge in [0.05, 0.1) is 29.2 Å². The smallest absolute Gasteiger partial charge is 0.0745 e. The summed E-state index contributed by atoms with van der Waals surface area (Å²) in [5, 5.41) is 11.2. The van der Waals surface area contributed by atoms with Crippen molar-refractivity contribution in [2.24, 2.45) is 11.8 Å². The molecule has 20 heavy (non-hydrogen) atoms. The minimum absolute atomic E-state index is 0.140. The van der Waals surface area contributed by atoms with Gasteiger partial charge in [-0.05, 0) is 24.8 Å². The lowest BCUT2D eigenvalue weighted by Gasteiger charge is -2.23. The molecular weight excluding hydrogens is 250 g/mol. The Labute approximate surface area is 118 Å². The van der Waals surface area contributed by atoms with Gasteiger partial charge >= 0.3 is 0 Å². The number of anilines is 2. The van der Waals surface area contributed by atoms with E-state index in [1.165, 1.54) is 0 Å². The highest BCUT2D eigenvalue weighted by atomic mass is 16.3. The van der Waals surface area contributed by atoms with Crippen molar-refractivity contribution >= 4 is 22.3 Å². The van der Waals surface area contributed by atoms with Gasteiger partial charge in [0.2, 0.25) is 0 Å². The van der Waals surface area contributed by atoms with Gasteiger partial charge in [-0.3, -0.25) is 4.98 Å². The monoisotopic (exact) mass is 269 g/mol. The molecule has 0 spiro atoms. The molecule has 2 aliphatic rings. The zero-order chi connectivity index (χ0) is 13.7. The predicted octanol–water partition coefficient (Wildman–Crippen LogP) is 2.02. The second-order valence-electron chi connectivity index (χ2n) is 6.05. The molecule has 0 bridgehead atoms. The molecule has 1 aliphatic heterocycles. The van der Waals surface area contributed by atoms with Crippen LogP contribution in [0.3, 0.4) is 0 Å². The van der Waals surface area contributed by atoms with Crippen LogP contribution in [0.2, 0.25) is 0 Å². The van der Waals surface area contributed by atoms with Gasteiger partial charge in [-0.25, -0.2) is 0 Å². The number of nitrogens with two attached hydrogens (primary N) is 1. The van der Waals surface area contributed by atoms with Gasteiger partial charge in [0.25, 0.3) is 0 Å². The molecule has 4 nitrogen and oxygen atoms in total. The van der Waals surface area contributed by atoms with Crippen LogP contribution in [0.1, 0.15) is 12.8 Å². The van der Waals surface area contributed by atoms with E-state index in [0.717, 1.165) is 48.2 Å². The number of rotatable bonds is 1. The van der Waals surface area contributed by atoms with Gasteiger partial charge in [-0.15, -0.1) is 0 Å². The van der Waals surface area contributed by atoms with Crippen molar-refractivity contribution in [1.29, 1.82) is 0 Å². The lowest BCUT2D eigenvalue weighted by molar-refractivity contribution is 0.133. The first-order chi connectivity index (χ1) is 9.74. The molecule has 1 aromatic carbocycles. The fourth-order valence-electron chi connectivity index (χ4n) is 3.91. The number of aliphatic hydroxyl groups excluding tert-OH is 1. The van der Waals surface area contributed by atoms with Crippen LogP contribution < -0.4 is 10.6 Å². The summed E-state index contributed by atoms with van der Waals surface area (Å²) < 4.78 is 0. The molecule has 104 valence electrons. The number of fused-ring (bicyclic) bond motifs is 2. The maximum absolute atomic E-state index is 10.1. The SMILES string of the molecule is Nc1cnc2ccccc2c1N1CC2CCC(O)C2C1. The first-order valence-electron chi connectivity index (χ1n) is 7.30. The number of para-hydroxylation sites is 1. The standard InChI is InChI=1S/C16H19N3O/c17-13-7-18-14-4-2-1-3-11(14)16(13)19-8-10-5-6-15(20)12(10)9-19/h1-4,7,10,12,15,20H,5-6,8-9,17H2. The Morgan fingerprint density at radius 2 is 2.05 bits per heavy atom. The average molecular weight is 269 g/mol. The van der Waals surface area contributed by atoms with E-state index in [4.69, 9.17) is 5.73 Å². The molecule has 2 fully saturated rings. The third-order valence-electron chi connectivity index (χ3n) is 4.91. The van der Waals surface area contributed by atoms with E-state index in [-0.39, 0.29) is 6.10 Å². The summed E-state index contributed by atoms with van der Waals surface area (Å²) >= 11 is 0. The summed E-state index contributed by atoms with van der Waals surface area (Å²) in [4.78, 5) is 6.74. The van der Waals surface area contributed by atoms with Crippen LogP contribution in [0.5, 0.6) is 0 Å². The van der Waals surface area contributed by atoms with E-state index in [9.17, 15) is 5.11 Å². The van der Waals surface area contributed by atoms with Crippen LogP contribution in [0, 0.1) is 11.8 Å². The Bertz CT molecular complexity index is 657. The lowest BCUT2D eigenvalue weighted by Crippen LogP contribution is -2.25. The van der Waals surface area contributed by atoms with Crippen LogP contribution in [0.25, 0.3) is 10.9 Å². The normalized spacial score (nSPS) is 29.1. The van der Waals surface area contributed by atoms with E-state index in [1.54, 1.807) is 6.20 Å². The van der Waals surface area contributed by atoms with Crippen LogP contribution in [0.15, 0.2) is 30.5 Å². The van der Waals surface area contributed by atoms with Crippen LogP contribution >= 0.6 is 0 Å². The molecule has 2 heterocycles. The highest BCUT2D eigenvalue weighted by Gasteiger charge is 2.42. The number of aliphatic hydroxyl groups is 1. The second-order valence-corrected chi connectivity index (χ2v) is 6.05. The summed E-state index contributed by atoms with van der Waals surface area (Å²) in [6.07, 6.45) is 3.70. The largest absolute Gasteiger partial charge is 0.396 e. The van der Waals surface area contributed by atoms with Gasteiger partial charge in [-0.2, -0.15) is 0 Å². The quantitative estimate of drug-likeness (QED) is 0.831. The first kappa shape index (κ1) is 12.0.